The summed E-state index contributed by atoms with van der Waals surface area (Å²) >= 11 is 0. The molecule has 0 saturated carbocycles. The third kappa shape index (κ3) is 3.70. The Bertz CT molecular complexity index is 80.9. The standard InChI is InChI=1S/C7H11O/c1-4-5-6-7(2)8-3/h7H,5-6H2,2-3H3. The van der Waals surface area contributed by atoms with E-state index in [2.05, 4.69) is 5.92 Å². The van der Waals surface area contributed by atoms with Crippen LogP contribution in [0.2, 0.25) is 0 Å². The fourth-order valence-electron chi connectivity index (χ4n) is 0.393. The van der Waals surface area contributed by atoms with Crippen LogP contribution in [-0.4, -0.2) is 13.2 Å². The van der Waals surface area contributed by atoms with Gasteiger partial charge in [-0.2, -0.15) is 0 Å². The number of ether oxygens (including phenoxy) is 1. The van der Waals surface area contributed by atoms with Crippen LogP contribution < -0.4 is 0 Å². The molecule has 0 saturated heterocycles. The lowest BCUT2D eigenvalue weighted by Crippen LogP contribution is -2.02. The molecule has 0 aromatic rings. The van der Waals surface area contributed by atoms with Gasteiger partial charge in [-0.15, -0.1) is 0 Å². The zero-order chi connectivity index (χ0) is 6.41. The van der Waals surface area contributed by atoms with Crippen LogP contribution in [0.15, 0.2) is 0 Å². The molecule has 0 aliphatic heterocycles. The predicted molar refractivity (Wildman–Crippen MR) is 32.8 cm³/mol. The van der Waals surface area contributed by atoms with Gasteiger partial charge in [0.2, 0.25) is 0 Å². The molecule has 0 spiro atoms. The Morgan fingerprint density at radius 3 is 2.75 bits per heavy atom. The minimum absolute atomic E-state index is 0.271. The third-order valence-electron chi connectivity index (χ3n) is 1.08. The van der Waals surface area contributed by atoms with Crippen LogP contribution in [0.5, 0.6) is 0 Å². The van der Waals surface area contributed by atoms with Gasteiger partial charge in [-0.3, -0.25) is 0 Å². The van der Waals surface area contributed by atoms with E-state index < -0.39 is 0 Å². The largest absolute Gasteiger partial charge is 0.382 e. The summed E-state index contributed by atoms with van der Waals surface area (Å²) in [6.07, 6.45) is 8.44. The molecule has 0 aliphatic rings. The Morgan fingerprint density at radius 1 is 1.75 bits per heavy atom. The van der Waals surface area contributed by atoms with Crippen LogP contribution in [-0.2, 0) is 4.74 Å². The maximum atomic E-state index is 6.57. The highest BCUT2D eigenvalue weighted by molar-refractivity contribution is 4.75. The summed E-state index contributed by atoms with van der Waals surface area (Å²) in [6.45, 7) is 1.98. The molecule has 0 N–H and O–H groups in total. The third-order valence-corrected chi connectivity index (χ3v) is 1.08. The zero-order valence-corrected chi connectivity index (χ0v) is 5.40. The summed E-state index contributed by atoms with van der Waals surface area (Å²) in [4.78, 5) is 0. The summed E-state index contributed by atoms with van der Waals surface area (Å²) < 4.78 is 4.93. The fourth-order valence-corrected chi connectivity index (χ4v) is 0.393. The van der Waals surface area contributed by atoms with Crippen molar-refractivity contribution < 1.29 is 4.74 Å². The molecule has 0 aromatic heterocycles. The van der Waals surface area contributed by atoms with E-state index in [1.165, 1.54) is 0 Å². The fraction of sp³-hybridized carbons (Fsp3) is 0.714. The summed E-state index contributed by atoms with van der Waals surface area (Å²) in [5, 5.41) is 0. The molecule has 1 heteroatoms. The average Bonchev–Trinajstić information content (AvgIpc) is 1.83. The summed E-state index contributed by atoms with van der Waals surface area (Å²) in [6, 6.07) is 0. The van der Waals surface area contributed by atoms with E-state index in [1.54, 1.807) is 7.11 Å². The van der Waals surface area contributed by atoms with E-state index >= 15 is 0 Å². The van der Waals surface area contributed by atoms with Crippen LogP contribution in [0.3, 0.4) is 0 Å². The van der Waals surface area contributed by atoms with E-state index in [0.29, 0.717) is 6.42 Å². The predicted octanol–water partition coefficient (Wildman–Crippen LogP) is 1.39. The van der Waals surface area contributed by atoms with Gasteiger partial charge in [0.25, 0.3) is 0 Å². The van der Waals surface area contributed by atoms with E-state index in [4.69, 9.17) is 11.2 Å². The molecular weight excluding hydrogens is 100 g/mol. The first-order valence-electron chi connectivity index (χ1n) is 2.73. The summed E-state index contributed by atoms with van der Waals surface area (Å²) in [5.41, 5.74) is 0. The number of methoxy groups -OCH3 is 1. The van der Waals surface area contributed by atoms with Gasteiger partial charge in [0, 0.05) is 13.5 Å². The average molecular weight is 111 g/mol. The molecule has 1 radical (unpaired) electrons. The van der Waals surface area contributed by atoms with Gasteiger partial charge in [0.1, 0.15) is 0 Å². The molecule has 8 heavy (non-hydrogen) atoms. The molecule has 45 valence electrons. The van der Waals surface area contributed by atoms with Crippen molar-refractivity contribution in [1.29, 1.82) is 0 Å². The van der Waals surface area contributed by atoms with Crippen LogP contribution in [0.4, 0.5) is 0 Å². The first-order valence-corrected chi connectivity index (χ1v) is 2.73. The van der Waals surface area contributed by atoms with Crippen LogP contribution in [0, 0.1) is 12.3 Å². The highest BCUT2D eigenvalue weighted by Gasteiger charge is 1.94. The molecule has 0 heterocycles. The molecule has 0 rings (SSSR count). The van der Waals surface area contributed by atoms with Crippen molar-refractivity contribution in [2.24, 2.45) is 0 Å². The first-order chi connectivity index (χ1) is 3.81. The second-order valence-electron chi connectivity index (χ2n) is 1.76. The van der Waals surface area contributed by atoms with Crippen molar-refractivity contribution in [2.75, 3.05) is 7.11 Å². The van der Waals surface area contributed by atoms with E-state index in [0.717, 1.165) is 6.42 Å². The Kier molecular flexibility index (Phi) is 4.39. The Labute approximate surface area is 51.0 Å². The quantitative estimate of drug-likeness (QED) is 0.500. The van der Waals surface area contributed by atoms with Crippen molar-refractivity contribution in [2.45, 2.75) is 25.9 Å². The van der Waals surface area contributed by atoms with Crippen molar-refractivity contribution in [3.05, 3.63) is 6.42 Å². The number of rotatable bonds is 3. The topological polar surface area (TPSA) is 9.23 Å². The molecule has 0 aliphatic carbocycles. The zero-order valence-electron chi connectivity index (χ0n) is 5.40. The van der Waals surface area contributed by atoms with Gasteiger partial charge in [0.15, 0.2) is 0 Å². The molecule has 1 unspecified atom stereocenters. The van der Waals surface area contributed by atoms with Gasteiger partial charge in [-0.25, -0.2) is 0 Å². The summed E-state index contributed by atoms with van der Waals surface area (Å²) in [5.74, 6) is 2.30. The lowest BCUT2D eigenvalue weighted by Gasteiger charge is -2.04. The van der Waals surface area contributed by atoms with Gasteiger partial charge in [-0.1, -0.05) is 5.92 Å². The first kappa shape index (κ1) is 7.52. The van der Waals surface area contributed by atoms with Crippen molar-refractivity contribution in [3.63, 3.8) is 0 Å². The van der Waals surface area contributed by atoms with Gasteiger partial charge in [-0.05, 0) is 19.8 Å². The number of hydrogen-bond donors (Lipinski definition) is 0. The van der Waals surface area contributed by atoms with Crippen molar-refractivity contribution in [1.82, 2.24) is 0 Å². The van der Waals surface area contributed by atoms with E-state index in [-0.39, 0.29) is 6.10 Å². The van der Waals surface area contributed by atoms with Gasteiger partial charge in [0.05, 0.1) is 6.10 Å². The van der Waals surface area contributed by atoms with Crippen LogP contribution in [0.25, 0.3) is 0 Å². The van der Waals surface area contributed by atoms with E-state index in [9.17, 15) is 0 Å². The Morgan fingerprint density at radius 2 is 2.38 bits per heavy atom. The SMILES string of the molecule is [C]#CCCC(C)OC. The van der Waals surface area contributed by atoms with Crippen molar-refractivity contribution >= 4 is 0 Å². The maximum absolute atomic E-state index is 6.57. The van der Waals surface area contributed by atoms with Gasteiger partial charge >= 0.3 is 0 Å². The highest BCUT2D eigenvalue weighted by atomic mass is 16.5. The minimum atomic E-state index is 0.271. The molecule has 0 amide bonds. The second kappa shape index (κ2) is 4.67. The van der Waals surface area contributed by atoms with Crippen molar-refractivity contribution in [3.8, 4) is 5.92 Å². The smallest absolute Gasteiger partial charge is 0.0552 e. The molecule has 0 bridgehead atoms. The molecular formula is C7H11O. The van der Waals surface area contributed by atoms with Gasteiger partial charge < -0.3 is 4.74 Å². The number of hydrogen-bond acceptors (Lipinski definition) is 1. The lowest BCUT2D eigenvalue weighted by molar-refractivity contribution is 0.112. The maximum Gasteiger partial charge on any atom is 0.0552 e. The minimum Gasteiger partial charge on any atom is -0.382 e. The molecule has 0 fully saturated rings. The van der Waals surface area contributed by atoms with Crippen LogP contribution >= 0.6 is 0 Å². The molecule has 1 atom stereocenters. The Hall–Kier alpha value is -0.480. The highest BCUT2D eigenvalue weighted by Crippen LogP contribution is 1.97. The lowest BCUT2D eigenvalue weighted by atomic mass is 10.2. The molecule has 1 nitrogen and oxygen atoms in total. The molecule has 0 aromatic carbocycles. The Balaban J connectivity index is 3.01. The van der Waals surface area contributed by atoms with E-state index in [1.807, 2.05) is 6.92 Å². The van der Waals surface area contributed by atoms with Crippen LogP contribution in [0.1, 0.15) is 19.8 Å². The normalized spacial score (nSPS) is 12.6. The summed E-state index contributed by atoms with van der Waals surface area (Å²) in [7, 11) is 1.68. The monoisotopic (exact) mass is 111 g/mol. The second-order valence-corrected chi connectivity index (χ2v) is 1.76.